The van der Waals surface area contributed by atoms with Gasteiger partial charge in [-0.1, -0.05) is 13.8 Å². The summed E-state index contributed by atoms with van der Waals surface area (Å²) in [5, 5.41) is 0. The van der Waals surface area contributed by atoms with E-state index in [4.69, 9.17) is 10.5 Å². The number of aromatic nitrogens is 2. The van der Waals surface area contributed by atoms with E-state index >= 15 is 0 Å². The van der Waals surface area contributed by atoms with Crippen LogP contribution in [-0.2, 0) is 4.74 Å². The fourth-order valence-electron chi connectivity index (χ4n) is 3.08. The molecule has 6 nitrogen and oxygen atoms in total. The Labute approximate surface area is 126 Å². The monoisotopic (exact) mass is 291 g/mol. The SMILES string of the molecule is CC(C)c1nc(N)cc(N2CCC(N3CCOCC3)C2)n1. The van der Waals surface area contributed by atoms with Gasteiger partial charge in [-0.2, -0.15) is 0 Å². The summed E-state index contributed by atoms with van der Waals surface area (Å²) >= 11 is 0. The fraction of sp³-hybridized carbons (Fsp3) is 0.733. The number of nitrogen functional groups attached to an aromatic ring is 1. The molecule has 0 amide bonds. The van der Waals surface area contributed by atoms with E-state index in [-0.39, 0.29) is 0 Å². The van der Waals surface area contributed by atoms with E-state index < -0.39 is 0 Å². The molecule has 2 saturated heterocycles. The van der Waals surface area contributed by atoms with E-state index in [9.17, 15) is 0 Å². The number of nitrogens with zero attached hydrogens (tertiary/aromatic N) is 4. The van der Waals surface area contributed by atoms with Crippen LogP contribution in [0.2, 0.25) is 0 Å². The summed E-state index contributed by atoms with van der Waals surface area (Å²) in [6, 6.07) is 2.50. The Morgan fingerprint density at radius 1 is 1.24 bits per heavy atom. The van der Waals surface area contributed by atoms with Crippen molar-refractivity contribution in [2.45, 2.75) is 32.2 Å². The first kappa shape index (κ1) is 14.5. The molecule has 0 aromatic carbocycles. The first-order valence-electron chi connectivity index (χ1n) is 7.84. The zero-order chi connectivity index (χ0) is 14.8. The minimum atomic E-state index is 0.296. The third kappa shape index (κ3) is 3.27. The second-order valence-corrected chi connectivity index (χ2v) is 6.20. The number of ether oxygens (including phenoxy) is 1. The average molecular weight is 291 g/mol. The summed E-state index contributed by atoms with van der Waals surface area (Å²) in [4.78, 5) is 13.9. The minimum Gasteiger partial charge on any atom is -0.384 e. The van der Waals surface area contributed by atoms with Crippen LogP contribution in [0.25, 0.3) is 0 Å². The molecule has 0 aliphatic carbocycles. The van der Waals surface area contributed by atoms with Crippen LogP contribution in [-0.4, -0.2) is 60.3 Å². The maximum Gasteiger partial charge on any atom is 0.135 e. The van der Waals surface area contributed by atoms with Gasteiger partial charge in [0.05, 0.1) is 13.2 Å². The number of anilines is 2. The van der Waals surface area contributed by atoms with E-state index in [0.717, 1.165) is 51.0 Å². The predicted molar refractivity (Wildman–Crippen MR) is 83.5 cm³/mol. The molecule has 2 N–H and O–H groups in total. The molecule has 3 rings (SSSR count). The third-order valence-electron chi connectivity index (χ3n) is 4.32. The Kier molecular flexibility index (Phi) is 4.26. The van der Waals surface area contributed by atoms with Crippen LogP contribution in [0.4, 0.5) is 11.6 Å². The lowest BCUT2D eigenvalue weighted by Crippen LogP contribution is -2.44. The molecule has 3 heterocycles. The van der Waals surface area contributed by atoms with E-state index in [1.807, 2.05) is 6.07 Å². The van der Waals surface area contributed by atoms with Gasteiger partial charge in [-0.05, 0) is 6.42 Å². The Hall–Kier alpha value is -1.40. The maximum absolute atomic E-state index is 5.94. The van der Waals surface area contributed by atoms with Crippen molar-refractivity contribution in [2.75, 3.05) is 50.0 Å². The second kappa shape index (κ2) is 6.15. The van der Waals surface area contributed by atoms with Gasteiger partial charge < -0.3 is 15.4 Å². The van der Waals surface area contributed by atoms with Crippen molar-refractivity contribution in [1.29, 1.82) is 0 Å². The summed E-state index contributed by atoms with van der Waals surface area (Å²) < 4.78 is 5.44. The first-order valence-corrected chi connectivity index (χ1v) is 7.84. The van der Waals surface area contributed by atoms with Crippen molar-refractivity contribution in [3.8, 4) is 0 Å². The van der Waals surface area contributed by atoms with Crippen molar-refractivity contribution in [1.82, 2.24) is 14.9 Å². The van der Waals surface area contributed by atoms with Crippen LogP contribution >= 0.6 is 0 Å². The Morgan fingerprint density at radius 2 is 2.00 bits per heavy atom. The Bertz CT molecular complexity index is 487. The van der Waals surface area contributed by atoms with Gasteiger partial charge in [-0.15, -0.1) is 0 Å². The van der Waals surface area contributed by atoms with Gasteiger partial charge in [-0.3, -0.25) is 4.90 Å². The van der Waals surface area contributed by atoms with Crippen LogP contribution in [0.3, 0.4) is 0 Å². The van der Waals surface area contributed by atoms with Crippen LogP contribution < -0.4 is 10.6 Å². The summed E-state index contributed by atoms with van der Waals surface area (Å²) in [6.07, 6.45) is 1.18. The molecule has 1 aromatic heterocycles. The van der Waals surface area contributed by atoms with Gasteiger partial charge >= 0.3 is 0 Å². The highest BCUT2D eigenvalue weighted by Gasteiger charge is 2.29. The van der Waals surface area contributed by atoms with Gasteiger partial charge in [0.1, 0.15) is 17.5 Å². The lowest BCUT2D eigenvalue weighted by Gasteiger charge is -2.32. The quantitative estimate of drug-likeness (QED) is 0.899. The third-order valence-corrected chi connectivity index (χ3v) is 4.32. The molecule has 116 valence electrons. The predicted octanol–water partition coefficient (Wildman–Crippen LogP) is 1.09. The fourth-order valence-corrected chi connectivity index (χ4v) is 3.08. The average Bonchev–Trinajstić information content (AvgIpc) is 2.97. The molecule has 2 aliphatic heterocycles. The molecule has 0 bridgehead atoms. The normalized spacial score (nSPS) is 24.0. The number of hydrogen-bond donors (Lipinski definition) is 1. The highest BCUT2D eigenvalue weighted by atomic mass is 16.5. The van der Waals surface area contributed by atoms with Crippen molar-refractivity contribution in [2.24, 2.45) is 0 Å². The molecule has 1 aromatic rings. The Morgan fingerprint density at radius 3 is 2.71 bits per heavy atom. The van der Waals surface area contributed by atoms with Crippen LogP contribution in [0.5, 0.6) is 0 Å². The van der Waals surface area contributed by atoms with Gasteiger partial charge in [0.2, 0.25) is 0 Å². The molecular weight excluding hydrogens is 266 g/mol. The van der Waals surface area contributed by atoms with E-state index in [1.54, 1.807) is 0 Å². The number of rotatable bonds is 3. The molecule has 0 spiro atoms. The van der Waals surface area contributed by atoms with E-state index in [1.165, 1.54) is 6.42 Å². The molecule has 1 unspecified atom stereocenters. The van der Waals surface area contributed by atoms with Crippen LogP contribution in [0.15, 0.2) is 6.07 Å². The molecule has 1 atom stereocenters. The number of morpholine rings is 1. The molecule has 21 heavy (non-hydrogen) atoms. The zero-order valence-corrected chi connectivity index (χ0v) is 13.0. The second-order valence-electron chi connectivity index (χ2n) is 6.20. The molecular formula is C15H25N5O. The van der Waals surface area contributed by atoms with E-state index in [0.29, 0.717) is 17.8 Å². The molecule has 0 radical (unpaired) electrons. The van der Waals surface area contributed by atoms with Crippen molar-refractivity contribution >= 4 is 11.6 Å². The molecule has 6 heteroatoms. The summed E-state index contributed by atoms with van der Waals surface area (Å²) in [5.74, 6) is 2.67. The van der Waals surface area contributed by atoms with Gasteiger partial charge in [-0.25, -0.2) is 9.97 Å². The molecule has 0 saturated carbocycles. The highest BCUT2D eigenvalue weighted by molar-refractivity contribution is 5.48. The zero-order valence-electron chi connectivity index (χ0n) is 13.0. The maximum atomic E-state index is 5.94. The number of nitrogens with two attached hydrogens (primary N) is 1. The number of hydrogen-bond acceptors (Lipinski definition) is 6. The van der Waals surface area contributed by atoms with E-state index in [2.05, 4.69) is 33.6 Å². The Balaban J connectivity index is 1.70. The minimum absolute atomic E-state index is 0.296. The van der Waals surface area contributed by atoms with Gasteiger partial charge in [0, 0.05) is 44.2 Å². The van der Waals surface area contributed by atoms with Crippen LogP contribution in [0.1, 0.15) is 32.0 Å². The van der Waals surface area contributed by atoms with Crippen molar-refractivity contribution in [3.05, 3.63) is 11.9 Å². The lowest BCUT2D eigenvalue weighted by atomic mass is 10.2. The highest BCUT2D eigenvalue weighted by Crippen LogP contribution is 2.24. The standard InChI is InChI=1S/C15H25N5O/c1-11(2)15-17-13(16)9-14(18-15)20-4-3-12(10-20)19-5-7-21-8-6-19/h9,11-12H,3-8,10H2,1-2H3,(H2,16,17,18). The van der Waals surface area contributed by atoms with Gasteiger partial charge in [0.15, 0.2) is 0 Å². The topological polar surface area (TPSA) is 67.5 Å². The lowest BCUT2D eigenvalue weighted by molar-refractivity contribution is 0.0209. The molecule has 2 fully saturated rings. The van der Waals surface area contributed by atoms with Crippen molar-refractivity contribution in [3.63, 3.8) is 0 Å². The van der Waals surface area contributed by atoms with Gasteiger partial charge in [0.25, 0.3) is 0 Å². The largest absolute Gasteiger partial charge is 0.384 e. The summed E-state index contributed by atoms with van der Waals surface area (Å²) in [7, 11) is 0. The summed E-state index contributed by atoms with van der Waals surface area (Å²) in [6.45, 7) is 10.0. The molecule has 2 aliphatic rings. The smallest absolute Gasteiger partial charge is 0.135 e. The first-order chi connectivity index (χ1) is 10.1. The van der Waals surface area contributed by atoms with Crippen molar-refractivity contribution < 1.29 is 4.74 Å². The summed E-state index contributed by atoms with van der Waals surface area (Å²) in [5.41, 5.74) is 5.94. The van der Waals surface area contributed by atoms with Crippen LogP contribution in [0, 0.1) is 0 Å².